The van der Waals surface area contributed by atoms with E-state index in [9.17, 15) is 34.2 Å². The van der Waals surface area contributed by atoms with Crippen LogP contribution in [0.2, 0.25) is 0 Å². The quantitative estimate of drug-likeness (QED) is 0.231. The highest BCUT2D eigenvalue weighted by atomic mass is 35.5. The minimum absolute atomic E-state index is 0.0198. The van der Waals surface area contributed by atoms with Gasteiger partial charge in [0.15, 0.2) is 11.8 Å². The van der Waals surface area contributed by atoms with Crippen LogP contribution < -0.4 is 15.7 Å². The summed E-state index contributed by atoms with van der Waals surface area (Å²) in [6.07, 6.45) is 2.03. The zero-order chi connectivity index (χ0) is 26.9. The molecule has 0 radical (unpaired) electrons. The third kappa shape index (κ3) is 5.02. The number of allylic oxidation sites excluding steroid dienone is 2. The maximum Gasteiger partial charge on any atom is 0.363 e. The molecule has 1 amide bonds. The fourth-order valence-corrected chi connectivity index (χ4v) is 6.48. The summed E-state index contributed by atoms with van der Waals surface area (Å²) >= 11 is 5.96. The van der Waals surface area contributed by atoms with Crippen LogP contribution in [0.1, 0.15) is 18.5 Å². The van der Waals surface area contributed by atoms with Crippen LogP contribution in [0.5, 0.6) is 0 Å². The van der Waals surface area contributed by atoms with Crippen molar-refractivity contribution >= 4 is 57.0 Å². The van der Waals surface area contributed by atoms with Crippen LogP contribution in [0.15, 0.2) is 69.5 Å². The first-order valence-electron chi connectivity index (χ1n) is 11.0. The molecule has 1 aromatic rings. The number of aliphatic hydroxyl groups is 1. The third-order valence-electron chi connectivity index (χ3n) is 5.68. The Labute approximate surface area is 218 Å². The Morgan fingerprint density at radius 1 is 1.27 bits per heavy atom. The van der Waals surface area contributed by atoms with Crippen molar-refractivity contribution in [1.29, 1.82) is 0 Å². The number of carboxylic acid groups (broad SMARTS) is 1. The molecule has 11 nitrogen and oxygen atoms in total. The molecule has 13 heteroatoms. The largest absolute Gasteiger partial charge is 0.543 e. The molecule has 2 heterocycles. The number of halogens is 1. The first-order chi connectivity index (χ1) is 17.6. The Bertz CT molecular complexity index is 1320. The highest BCUT2D eigenvalue weighted by molar-refractivity contribution is 8.14. The number of rotatable bonds is 7. The SMILES string of the molecule is CCOC(=O)C1=C(O)C=CC(=O)C1=NC(C(=O)NC1C(=O)[S+]2CC(Cl)=C(C(=O)[O-])NC12)c1ccccc1. The first-order valence-corrected chi connectivity index (χ1v) is 12.8. The normalized spacial score (nSPS) is 24.7. The lowest BCUT2D eigenvalue weighted by Crippen LogP contribution is -2.72. The molecule has 0 spiro atoms. The Kier molecular flexibility index (Phi) is 7.50. The molecule has 3 N–H and O–H groups in total. The minimum Gasteiger partial charge on any atom is -0.543 e. The molecule has 37 heavy (non-hydrogen) atoms. The number of benzene rings is 1. The van der Waals surface area contributed by atoms with Crippen molar-refractivity contribution in [3.63, 3.8) is 0 Å². The summed E-state index contributed by atoms with van der Waals surface area (Å²) in [4.78, 5) is 66.9. The van der Waals surface area contributed by atoms with E-state index < -0.39 is 69.0 Å². The summed E-state index contributed by atoms with van der Waals surface area (Å²) < 4.78 is 4.94. The second-order valence-corrected chi connectivity index (χ2v) is 10.5. The monoisotopic (exact) mass is 545 g/mol. The highest BCUT2D eigenvalue weighted by Crippen LogP contribution is 2.34. The number of carbonyl (C=O) groups excluding carboxylic acids is 5. The number of aliphatic hydroxyl groups excluding tert-OH is 1. The molecule has 4 unspecified atom stereocenters. The van der Waals surface area contributed by atoms with E-state index in [0.717, 1.165) is 12.2 Å². The topological polar surface area (TPSA) is 174 Å². The van der Waals surface area contributed by atoms with Gasteiger partial charge in [-0.2, -0.15) is 0 Å². The second-order valence-electron chi connectivity index (χ2n) is 7.98. The van der Waals surface area contributed by atoms with Crippen LogP contribution >= 0.6 is 11.6 Å². The molecule has 0 aromatic heterocycles. The molecule has 1 aromatic carbocycles. The minimum atomic E-state index is -1.53. The van der Waals surface area contributed by atoms with E-state index in [4.69, 9.17) is 16.3 Å². The van der Waals surface area contributed by atoms with Crippen molar-refractivity contribution < 1.29 is 38.9 Å². The molecular weight excluding hydrogens is 526 g/mol. The van der Waals surface area contributed by atoms with E-state index in [0.29, 0.717) is 5.56 Å². The molecule has 4 rings (SSSR count). The van der Waals surface area contributed by atoms with Crippen molar-refractivity contribution in [1.82, 2.24) is 10.6 Å². The summed E-state index contributed by atoms with van der Waals surface area (Å²) in [6.45, 7) is 1.51. The van der Waals surface area contributed by atoms with Crippen LogP contribution in [-0.2, 0) is 39.6 Å². The number of aliphatic imine (C=N–C) groups is 1. The molecular formula is C24H20ClN3O8S. The van der Waals surface area contributed by atoms with E-state index in [1.165, 1.54) is 0 Å². The number of fused-ring (bicyclic) bond motifs is 1. The number of aliphatic carboxylic acids is 1. The molecule has 0 saturated carbocycles. The number of esters is 1. The van der Waals surface area contributed by atoms with E-state index in [1.54, 1.807) is 37.3 Å². The summed E-state index contributed by atoms with van der Waals surface area (Å²) in [7, 11) is -0.948. The van der Waals surface area contributed by atoms with Crippen molar-refractivity contribution in [2.24, 2.45) is 4.99 Å². The standard InChI is InChI=1S/C24H20ClN3O8S/c1-2-36-23(34)15-13(29)8-9-14(30)18(15)26-16(11-6-4-3-5-7-11)20(31)27-19-21-28-17(22(32)33)12(25)10-37(21)24(19)35/h3-9,16,19,21,28H,2,10H2,1H3,(H2-,26,27,29,31,32,33,34). The van der Waals surface area contributed by atoms with Crippen molar-refractivity contribution in [3.8, 4) is 0 Å². The van der Waals surface area contributed by atoms with Gasteiger partial charge >= 0.3 is 11.1 Å². The van der Waals surface area contributed by atoms with Gasteiger partial charge in [-0.3, -0.25) is 14.6 Å². The molecule has 1 aliphatic carbocycles. The van der Waals surface area contributed by atoms with E-state index in [1.807, 2.05) is 0 Å². The van der Waals surface area contributed by atoms with Gasteiger partial charge < -0.3 is 30.4 Å². The van der Waals surface area contributed by atoms with E-state index in [2.05, 4.69) is 15.6 Å². The summed E-state index contributed by atoms with van der Waals surface area (Å²) in [5, 5.41) is 25.8. The molecule has 3 aliphatic rings. The van der Waals surface area contributed by atoms with Crippen LogP contribution in [0, 0.1) is 0 Å². The number of amides is 1. The highest BCUT2D eigenvalue weighted by Gasteiger charge is 2.64. The van der Waals surface area contributed by atoms with Gasteiger partial charge in [-0.15, -0.1) is 0 Å². The van der Waals surface area contributed by atoms with Crippen molar-refractivity contribution in [3.05, 3.63) is 70.1 Å². The average Bonchev–Trinajstić information content (AvgIpc) is 2.87. The van der Waals surface area contributed by atoms with Gasteiger partial charge in [0.2, 0.25) is 23.1 Å². The number of hydrogen-bond donors (Lipinski definition) is 3. The van der Waals surface area contributed by atoms with Crippen LogP contribution in [0.4, 0.5) is 0 Å². The second kappa shape index (κ2) is 10.6. The predicted molar refractivity (Wildman–Crippen MR) is 131 cm³/mol. The van der Waals surface area contributed by atoms with Gasteiger partial charge in [-0.1, -0.05) is 41.9 Å². The number of nitrogens with one attached hydrogen (secondary N) is 2. The van der Waals surface area contributed by atoms with Gasteiger partial charge in [-0.05, 0) is 24.6 Å². The Hall–Kier alpha value is -3.90. The maximum atomic E-state index is 13.4. The number of hydrogen-bond acceptors (Lipinski definition) is 10. The summed E-state index contributed by atoms with van der Waals surface area (Å²) in [6, 6.07) is 5.60. The fourth-order valence-electron chi connectivity index (χ4n) is 3.93. The number of ether oxygens (including phenoxy) is 1. The molecule has 192 valence electrons. The first kappa shape index (κ1) is 26.2. The number of carbonyl (C=O) groups is 5. The van der Waals surface area contributed by atoms with Crippen LogP contribution in [0.3, 0.4) is 0 Å². The zero-order valence-corrected chi connectivity index (χ0v) is 20.8. The Morgan fingerprint density at radius 3 is 2.62 bits per heavy atom. The van der Waals surface area contributed by atoms with Crippen molar-refractivity contribution in [2.75, 3.05) is 12.4 Å². The lowest BCUT2D eigenvalue weighted by molar-refractivity contribution is -0.299. The summed E-state index contributed by atoms with van der Waals surface area (Å²) in [5.41, 5.74) is -0.983. The molecule has 2 aliphatic heterocycles. The zero-order valence-electron chi connectivity index (χ0n) is 19.2. The average molecular weight is 546 g/mol. The van der Waals surface area contributed by atoms with Gasteiger partial charge in [0.25, 0.3) is 0 Å². The number of nitrogens with zero attached hydrogens (tertiary/aromatic N) is 1. The molecule has 0 bridgehead atoms. The number of carboxylic acids is 1. The van der Waals surface area contributed by atoms with Gasteiger partial charge in [0.05, 0.1) is 34.2 Å². The predicted octanol–water partition coefficient (Wildman–Crippen LogP) is -0.544. The molecule has 4 atom stereocenters. The third-order valence-corrected chi connectivity index (χ3v) is 8.54. The van der Waals surface area contributed by atoms with Gasteiger partial charge in [0, 0.05) is 0 Å². The van der Waals surface area contributed by atoms with Crippen LogP contribution in [-0.4, -0.2) is 63.3 Å². The van der Waals surface area contributed by atoms with Crippen LogP contribution in [0.25, 0.3) is 0 Å². The lowest BCUT2D eigenvalue weighted by Gasteiger charge is -2.38. The Balaban J connectivity index is 1.67. The number of ketones is 1. The van der Waals surface area contributed by atoms with Gasteiger partial charge in [0.1, 0.15) is 17.0 Å². The summed E-state index contributed by atoms with van der Waals surface area (Å²) in [5.74, 6) is -4.58. The molecule has 1 fully saturated rings. The smallest absolute Gasteiger partial charge is 0.363 e. The maximum absolute atomic E-state index is 13.4. The fraction of sp³-hybridized carbons (Fsp3) is 0.250. The Morgan fingerprint density at radius 2 is 1.97 bits per heavy atom. The lowest BCUT2D eigenvalue weighted by atomic mass is 9.98. The van der Waals surface area contributed by atoms with E-state index in [-0.39, 0.29) is 28.2 Å². The molecule has 1 saturated heterocycles. The van der Waals surface area contributed by atoms with Gasteiger partial charge in [-0.25, -0.2) is 9.59 Å². The van der Waals surface area contributed by atoms with Crippen molar-refractivity contribution in [2.45, 2.75) is 24.4 Å². The van der Waals surface area contributed by atoms with E-state index >= 15 is 0 Å².